The van der Waals surface area contributed by atoms with Gasteiger partial charge in [0.15, 0.2) is 0 Å². The van der Waals surface area contributed by atoms with E-state index in [-0.39, 0.29) is 23.1 Å². The molecular formula is C21H26N2O6S. The number of rotatable bonds is 10. The van der Waals surface area contributed by atoms with E-state index in [0.29, 0.717) is 25.3 Å². The predicted molar refractivity (Wildman–Crippen MR) is 113 cm³/mol. The molecule has 3 N–H and O–H groups in total. The minimum absolute atomic E-state index is 0.0164. The highest BCUT2D eigenvalue weighted by Crippen LogP contribution is 2.24. The fourth-order valence-electron chi connectivity index (χ4n) is 3.25. The van der Waals surface area contributed by atoms with Gasteiger partial charge in [-0.15, -0.1) is 0 Å². The van der Waals surface area contributed by atoms with Gasteiger partial charge < -0.3 is 19.9 Å². The van der Waals surface area contributed by atoms with Crippen molar-refractivity contribution < 1.29 is 27.8 Å². The summed E-state index contributed by atoms with van der Waals surface area (Å²) in [6, 6.07) is 11.4. The Hall–Kier alpha value is -2.62. The van der Waals surface area contributed by atoms with Crippen molar-refractivity contribution in [1.82, 2.24) is 4.72 Å². The van der Waals surface area contributed by atoms with Crippen molar-refractivity contribution in [3.8, 4) is 5.75 Å². The Morgan fingerprint density at radius 1 is 1.23 bits per heavy atom. The van der Waals surface area contributed by atoms with Crippen LogP contribution in [0.5, 0.6) is 5.75 Å². The summed E-state index contributed by atoms with van der Waals surface area (Å²) in [7, 11) is -2.33. The zero-order valence-corrected chi connectivity index (χ0v) is 17.6. The van der Waals surface area contributed by atoms with E-state index in [0.717, 1.165) is 24.2 Å². The molecule has 0 aliphatic carbocycles. The molecule has 2 aromatic rings. The van der Waals surface area contributed by atoms with Gasteiger partial charge in [-0.25, -0.2) is 17.9 Å². The Labute approximate surface area is 176 Å². The summed E-state index contributed by atoms with van der Waals surface area (Å²) in [5.41, 5.74) is 1.22. The monoisotopic (exact) mass is 434 g/mol. The highest BCUT2D eigenvalue weighted by Gasteiger charge is 2.22. The number of carboxylic acids is 1. The van der Waals surface area contributed by atoms with E-state index in [1.807, 2.05) is 24.3 Å². The van der Waals surface area contributed by atoms with E-state index in [9.17, 15) is 18.3 Å². The van der Waals surface area contributed by atoms with E-state index in [2.05, 4.69) is 10.0 Å². The van der Waals surface area contributed by atoms with Crippen molar-refractivity contribution in [3.63, 3.8) is 0 Å². The Kier molecular flexibility index (Phi) is 7.30. The topological polar surface area (TPSA) is 114 Å². The number of hydrogen-bond donors (Lipinski definition) is 3. The Balaban J connectivity index is 1.72. The van der Waals surface area contributed by atoms with Crippen molar-refractivity contribution in [3.05, 3.63) is 53.6 Å². The fourth-order valence-corrected chi connectivity index (χ4v) is 4.49. The van der Waals surface area contributed by atoms with Gasteiger partial charge in [0.1, 0.15) is 10.6 Å². The van der Waals surface area contributed by atoms with Gasteiger partial charge in [-0.05, 0) is 55.2 Å². The summed E-state index contributed by atoms with van der Waals surface area (Å²) in [6.45, 7) is 1.33. The van der Waals surface area contributed by atoms with Gasteiger partial charge in [-0.1, -0.05) is 12.1 Å². The summed E-state index contributed by atoms with van der Waals surface area (Å²) in [5.74, 6) is -0.456. The molecule has 0 unspecified atom stereocenters. The van der Waals surface area contributed by atoms with Crippen LogP contribution in [-0.4, -0.2) is 52.4 Å². The molecule has 3 rings (SSSR count). The molecule has 0 aromatic heterocycles. The summed E-state index contributed by atoms with van der Waals surface area (Å²) < 4.78 is 39.1. The first kappa shape index (κ1) is 22.1. The van der Waals surface area contributed by atoms with Gasteiger partial charge in [0.2, 0.25) is 10.0 Å². The maximum atomic E-state index is 12.9. The summed E-state index contributed by atoms with van der Waals surface area (Å²) in [6.07, 6.45) is 2.38. The molecule has 9 heteroatoms. The average Bonchev–Trinajstić information content (AvgIpc) is 3.26. The molecule has 1 aliphatic rings. The first-order valence-corrected chi connectivity index (χ1v) is 11.2. The highest BCUT2D eigenvalue weighted by atomic mass is 32.2. The van der Waals surface area contributed by atoms with Gasteiger partial charge >= 0.3 is 5.97 Å². The van der Waals surface area contributed by atoms with Gasteiger partial charge in [0.25, 0.3) is 0 Å². The van der Waals surface area contributed by atoms with Gasteiger partial charge in [0, 0.05) is 19.7 Å². The van der Waals surface area contributed by atoms with Gasteiger partial charge in [0.05, 0.1) is 24.5 Å². The Morgan fingerprint density at radius 2 is 2.00 bits per heavy atom. The Morgan fingerprint density at radius 3 is 2.63 bits per heavy atom. The Bertz CT molecular complexity index is 969. The van der Waals surface area contributed by atoms with Crippen LogP contribution in [0.1, 0.15) is 28.8 Å². The van der Waals surface area contributed by atoms with E-state index in [4.69, 9.17) is 9.47 Å². The number of carboxylic acid groups (broad SMARTS) is 1. The standard InChI is InChI=1S/C21H26N2O6S/c1-28-17-7-4-15(5-8-17)10-11-23-30(26,27)20-13-16(21(24)25)6-9-19(20)22-14-18-3-2-12-29-18/h4-9,13,18,22-23H,2-3,10-12,14H2,1H3,(H,24,25)/t18-/m0/s1. The van der Waals surface area contributed by atoms with Crippen molar-refractivity contribution in [2.45, 2.75) is 30.3 Å². The molecule has 1 saturated heterocycles. The molecule has 8 nitrogen and oxygen atoms in total. The number of hydrogen-bond acceptors (Lipinski definition) is 6. The number of sulfonamides is 1. The van der Waals surface area contributed by atoms with Crippen molar-refractivity contribution >= 4 is 21.7 Å². The first-order valence-electron chi connectivity index (χ1n) is 9.74. The van der Waals surface area contributed by atoms with Gasteiger partial charge in [-0.3, -0.25) is 0 Å². The lowest BCUT2D eigenvalue weighted by atomic mass is 10.1. The number of benzene rings is 2. The van der Waals surface area contributed by atoms with E-state index in [1.54, 1.807) is 7.11 Å². The van der Waals surface area contributed by atoms with Crippen LogP contribution in [0.15, 0.2) is 47.4 Å². The quantitative estimate of drug-likeness (QED) is 0.526. The molecular weight excluding hydrogens is 408 g/mol. The number of methoxy groups -OCH3 is 1. The maximum absolute atomic E-state index is 12.9. The first-order chi connectivity index (χ1) is 14.4. The lowest BCUT2D eigenvalue weighted by Crippen LogP contribution is -2.28. The lowest BCUT2D eigenvalue weighted by molar-refractivity contribution is 0.0696. The number of nitrogens with one attached hydrogen (secondary N) is 2. The van der Waals surface area contributed by atoms with Crippen LogP contribution in [0.25, 0.3) is 0 Å². The molecule has 0 amide bonds. The zero-order chi connectivity index (χ0) is 21.6. The van der Waals surface area contributed by atoms with Crippen molar-refractivity contribution in [2.75, 3.05) is 32.1 Å². The van der Waals surface area contributed by atoms with Crippen molar-refractivity contribution in [2.24, 2.45) is 0 Å². The summed E-state index contributed by atoms with van der Waals surface area (Å²) in [4.78, 5) is 11.3. The summed E-state index contributed by atoms with van der Waals surface area (Å²) in [5, 5.41) is 12.4. The lowest BCUT2D eigenvalue weighted by Gasteiger charge is -2.16. The molecule has 0 radical (unpaired) electrons. The molecule has 0 bridgehead atoms. The predicted octanol–water partition coefficient (Wildman–Crippen LogP) is 2.51. The molecule has 0 saturated carbocycles. The third-order valence-corrected chi connectivity index (χ3v) is 6.43. The molecule has 0 spiro atoms. The minimum Gasteiger partial charge on any atom is -0.497 e. The smallest absolute Gasteiger partial charge is 0.335 e. The molecule has 30 heavy (non-hydrogen) atoms. The second kappa shape index (κ2) is 9.92. The van der Waals surface area contributed by atoms with Crippen LogP contribution in [0.2, 0.25) is 0 Å². The van der Waals surface area contributed by atoms with Crippen LogP contribution >= 0.6 is 0 Å². The van der Waals surface area contributed by atoms with Crippen LogP contribution in [0.3, 0.4) is 0 Å². The third-order valence-electron chi connectivity index (χ3n) is 4.93. The van der Waals surface area contributed by atoms with Gasteiger partial charge in [-0.2, -0.15) is 0 Å². The molecule has 1 heterocycles. The largest absolute Gasteiger partial charge is 0.497 e. The molecule has 162 valence electrons. The van der Waals surface area contributed by atoms with E-state index < -0.39 is 16.0 Å². The minimum atomic E-state index is -3.92. The van der Waals surface area contributed by atoms with E-state index in [1.165, 1.54) is 18.2 Å². The normalized spacial score (nSPS) is 16.4. The molecule has 1 atom stereocenters. The SMILES string of the molecule is COc1ccc(CCNS(=O)(=O)c2cc(C(=O)O)ccc2NC[C@@H]2CCCO2)cc1. The average molecular weight is 435 g/mol. The molecule has 1 aliphatic heterocycles. The zero-order valence-electron chi connectivity index (χ0n) is 16.8. The van der Waals surface area contributed by atoms with Crippen molar-refractivity contribution in [1.29, 1.82) is 0 Å². The number of ether oxygens (including phenoxy) is 2. The third kappa shape index (κ3) is 5.71. The maximum Gasteiger partial charge on any atom is 0.335 e. The summed E-state index contributed by atoms with van der Waals surface area (Å²) >= 11 is 0. The van der Waals surface area contributed by atoms with E-state index >= 15 is 0 Å². The van der Waals surface area contributed by atoms with Crippen LogP contribution in [-0.2, 0) is 21.2 Å². The number of aromatic carboxylic acids is 1. The fraction of sp³-hybridized carbons (Fsp3) is 0.381. The second-order valence-corrected chi connectivity index (χ2v) is 8.76. The van der Waals surface area contributed by atoms with Crippen LogP contribution in [0.4, 0.5) is 5.69 Å². The number of anilines is 1. The second-order valence-electron chi connectivity index (χ2n) is 7.03. The van der Waals surface area contributed by atoms with Crippen LogP contribution in [0, 0.1) is 0 Å². The molecule has 2 aromatic carbocycles. The van der Waals surface area contributed by atoms with Crippen LogP contribution < -0.4 is 14.8 Å². The highest BCUT2D eigenvalue weighted by molar-refractivity contribution is 7.89. The molecule has 1 fully saturated rings. The number of carbonyl (C=O) groups is 1.